The highest BCUT2D eigenvalue weighted by atomic mass is 79.9. The second kappa shape index (κ2) is 9.61. The molecule has 0 spiro atoms. The Hall–Kier alpha value is -2.09. The molecule has 3 rings (SSSR count). The first-order chi connectivity index (χ1) is 13.8. The van der Waals surface area contributed by atoms with Crippen molar-refractivity contribution in [2.45, 2.75) is 13.8 Å². The Morgan fingerprint density at radius 3 is 2.59 bits per heavy atom. The number of nitrogens with zero attached hydrogens (tertiary/aromatic N) is 1. The largest absolute Gasteiger partial charge is 0.481 e. The Morgan fingerprint density at radius 2 is 1.90 bits per heavy atom. The van der Waals surface area contributed by atoms with Gasteiger partial charge in [0.2, 0.25) is 0 Å². The number of halogens is 3. The van der Waals surface area contributed by atoms with E-state index in [9.17, 15) is 4.79 Å². The maximum atomic E-state index is 12.0. The first-order valence-electron chi connectivity index (χ1n) is 8.60. The van der Waals surface area contributed by atoms with Gasteiger partial charge in [-0.2, -0.15) is 5.10 Å². The highest BCUT2D eigenvalue weighted by Gasteiger charge is 2.10. The molecule has 0 aliphatic heterocycles. The lowest BCUT2D eigenvalue weighted by atomic mass is 10.1. The van der Waals surface area contributed by atoms with Crippen LogP contribution >= 0.6 is 43.5 Å². The molecule has 0 atom stereocenters. The van der Waals surface area contributed by atoms with Gasteiger partial charge in [0.25, 0.3) is 5.91 Å². The molecule has 0 fully saturated rings. The molecule has 150 valence electrons. The Kier molecular flexibility index (Phi) is 7.16. The summed E-state index contributed by atoms with van der Waals surface area (Å²) in [6.07, 6.45) is 1.43. The van der Waals surface area contributed by atoms with Gasteiger partial charge in [0.05, 0.1) is 15.2 Å². The van der Waals surface area contributed by atoms with E-state index in [-0.39, 0.29) is 6.61 Å². The first kappa shape index (κ1) is 21.6. The lowest BCUT2D eigenvalue weighted by Crippen LogP contribution is -2.24. The van der Waals surface area contributed by atoms with Crippen LogP contribution in [-0.2, 0) is 4.79 Å². The number of carbonyl (C=O) groups excluding carboxylic acids is 1. The molecule has 0 aliphatic rings. The number of hydrazone groups is 1. The number of furan rings is 1. The number of ether oxygens (including phenoxy) is 1. The molecule has 0 aliphatic carbocycles. The van der Waals surface area contributed by atoms with Crippen LogP contribution in [0.4, 0.5) is 0 Å². The standard InChI is InChI=1S/C21H17Br2ClN2O3/c1-12-7-16(22)21(17(23)8-12)28-11-20(27)26-25-10-15-5-6-19(29-15)14-4-3-13(2)18(24)9-14/h3-10H,11H2,1-2H3,(H,26,27). The molecule has 8 heteroatoms. The van der Waals surface area contributed by atoms with Gasteiger partial charge in [-0.05, 0) is 87.2 Å². The molecule has 0 bridgehead atoms. The zero-order chi connectivity index (χ0) is 21.0. The molecule has 1 heterocycles. The lowest BCUT2D eigenvalue weighted by Gasteiger charge is -2.10. The SMILES string of the molecule is Cc1cc(Br)c(OCC(=O)NN=Cc2ccc(-c3ccc(C)c(Cl)c3)o2)c(Br)c1. The molecule has 0 saturated carbocycles. The maximum Gasteiger partial charge on any atom is 0.277 e. The third-order valence-corrected chi connectivity index (χ3v) is 5.54. The van der Waals surface area contributed by atoms with E-state index in [1.54, 1.807) is 6.07 Å². The third kappa shape index (κ3) is 5.72. The minimum Gasteiger partial charge on any atom is -0.481 e. The van der Waals surface area contributed by atoms with E-state index in [0.29, 0.717) is 22.3 Å². The fraction of sp³-hybridized carbons (Fsp3) is 0.143. The van der Waals surface area contributed by atoms with Crippen LogP contribution in [0.15, 0.2) is 60.9 Å². The number of amides is 1. The summed E-state index contributed by atoms with van der Waals surface area (Å²) < 4.78 is 12.8. The van der Waals surface area contributed by atoms with Crippen LogP contribution in [0.2, 0.25) is 5.02 Å². The minimum atomic E-state index is -0.391. The summed E-state index contributed by atoms with van der Waals surface area (Å²) in [5.74, 6) is 1.33. The van der Waals surface area contributed by atoms with Gasteiger partial charge in [-0.3, -0.25) is 4.79 Å². The molecule has 0 saturated heterocycles. The van der Waals surface area contributed by atoms with Crippen molar-refractivity contribution in [2.75, 3.05) is 6.61 Å². The number of nitrogens with one attached hydrogen (secondary N) is 1. The minimum absolute atomic E-state index is 0.178. The average molecular weight is 541 g/mol. The molecule has 2 aromatic carbocycles. The Balaban J connectivity index is 1.56. The van der Waals surface area contributed by atoms with E-state index in [2.05, 4.69) is 42.4 Å². The summed E-state index contributed by atoms with van der Waals surface area (Å²) in [5.41, 5.74) is 5.34. The predicted molar refractivity (Wildman–Crippen MR) is 122 cm³/mol. The Morgan fingerprint density at radius 1 is 1.17 bits per heavy atom. The van der Waals surface area contributed by atoms with Gasteiger partial charge < -0.3 is 9.15 Å². The average Bonchev–Trinajstić information content (AvgIpc) is 3.12. The summed E-state index contributed by atoms with van der Waals surface area (Å²) in [7, 11) is 0. The molecule has 3 aromatic rings. The van der Waals surface area contributed by atoms with E-state index < -0.39 is 5.91 Å². The molecule has 5 nitrogen and oxygen atoms in total. The number of benzene rings is 2. The molecule has 0 unspecified atom stereocenters. The number of carbonyl (C=O) groups is 1. The van der Waals surface area contributed by atoms with Gasteiger partial charge in [-0.15, -0.1) is 0 Å². The van der Waals surface area contributed by atoms with Crippen LogP contribution in [-0.4, -0.2) is 18.7 Å². The van der Waals surface area contributed by atoms with Crippen LogP contribution in [0.5, 0.6) is 5.75 Å². The predicted octanol–water partition coefficient (Wildman–Crippen LogP) is 6.27. The van der Waals surface area contributed by atoms with Gasteiger partial charge in [0.1, 0.15) is 17.3 Å². The van der Waals surface area contributed by atoms with Crippen molar-refractivity contribution in [2.24, 2.45) is 5.10 Å². The molecular weight excluding hydrogens is 524 g/mol. The van der Waals surface area contributed by atoms with Crippen LogP contribution in [0.3, 0.4) is 0 Å². The van der Waals surface area contributed by atoms with Gasteiger partial charge in [-0.25, -0.2) is 5.43 Å². The molecule has 29 heavy (non-hydrogen) atoms. The van der Waals surface area contributed by atoms with Crippen LogP contribution < -0.4 is 10.2 Å². The van der Waals surface area contributed by atoms with Crippen molar-refractivity contribution < 1.29 is 13.9 Å². The van der Waals surface area contributed by atoms with E-state index in [4.69, 9.17) is 20.8 Å². The summed E-state index contributed by atoms with van der Waals surface area (Å²) >= 11 is 13.0. The summed E-state index contributed by atoms with van der Waals surface area (Å²) in [4.78, 5) is 12.0. The number of hydrogen-bond acceptors (Lipinski definition) is 4. The lowest BCUT2D eigenvalue weighted by molar-refractivity contribution is -0.123. The fourth-order valence-electron chi connectivity index (χ4n) is 2.49. The van der Waals surface area contributed by atoms with Gasteiger partial charge in [0, 0.05) is 10.6 Å². The monoisotopic (exact) mass is 538 g/mol. The quantitative estimate of drug-likeness (QED) is 0.296. The van der Waals surface area contributed by atoms with Gasteiger partial charge >= 0.3 is 0 Å². The van der Waals surface area contributed by atoms with Crippen molar-refractivity contribution in [3.63, 3.8) is 0 Å². The summed E-state index contributed by atoms with van der Waals surface area (Å²) in [6.45, 7) is 3.73. The molecule has 0 radical (unpaired) electrons. The van der Waals surface area contributed by atoms with Crippen molar-refractivity contribution in [3.05, 3.63) is 73.3 Å². The maximum absolute atomic E-state index is 12.0. The smallest absolute Gasteiger partial charge is 0.277 e. The van der Waals surface area contributed by atoms with E-state index in [1.807, 2.05) is 50.2 Å². The van der Waals surface area contributed by atoms with Crippen molar-refractivity contribution in [1.29, 1.82) is 0 Å². The normalized spacial score (nSPS) is 11.1. The molecule has 1 amide bonds. The van der Waals surface area contributed by atoms with Crippen LogP contribution in [0, 0.1) is 13.8 Å². The molecular formula is C21H17Br2ClN2O3. The summed E-state index contributed by atoms with van der Waals surface area (Å²) in [5, 5.41) is 4.58. The Bertz CT molecular complexity index is 1060. The fourth-order valence-corrected chi connectivity index (χ4v) is 4.31. The molecule has 1 N–H and O–H groups in total. The zero-order valence-corrected chi connectivity index (χ0v) is 19.6. The summed E-state index contributed by atoms with van der Waals surface area (Å²) in [6, 6.07) is 13.1. The zero-order valence-electron chi connectivity index (χ0n) is 15.6. The van der Waals surface area contributed by atoms with E-state index >= 15 is 0 Å². The van der Waals surface area contributed by atoms with Crippen molar-refractivity contribution in [3.8, 4) is 17.1 Å². The third-order valence-electron chi connectivity index (χ3n) is 3.95. The Labute approximate surface area is 190 Å². The molecule has 1 aromatic heterocycles. The second-order valence-electron chi connectivity index (χ2n) is 6.31. The van der Waals surface area contributed by atoms with Crippen molar-refractivity contribution in [1.82, 2.24) is 5.43 Å². The van der Waals surface area contributed by atoms with E-state index in [1.165, 1.54) is 6.21 Å². The van der Waals surface area contributed by atoms with Gasteiger partial charge in [0.15, 0.2) is 6.61 Å². The number of aryl methyl sites for hydroxylation is 2. The van der Waals surface area contributed by atoms with Gasteiger partial charge in [-0.1, -0.05) is 23.7 Å². The highest BCUT2D eigenvalue weighted by Crippen LogP contribution is 2.34. The van der Waals surface area contributed by atoms with E-state index in [0.717, 1.165) is 25.6 Å². The number of rotatable bonds is 6. The second-order valence-corrected chi connectivity index (χ2v) is 8.42. The van der Waals surface area contributed by atoms with Crippen LogP contribution in [0.1, 0.15) is 16.9 Å². The first-order valence-corrected chi connectivity index (χ1v) is 10.6. The topological polar surface area (TPSA) is 63.8 Å². The van der Waals surface area contributed by atoms with Crippen molar-refractivity contribution >= 4 is 55.6 Å². The van der Waals surface area contributed by atoms with Crippen LogP contribution in [0.25, 0.3) is 11.3 Å². The number of hydrogen-bond donors (Lipinski definition) is 1. The highest BCUT2D eigenvalue weighted by molar-refractivity contribution is 9.11.